The first kappa shape index (κ1) is 10.2. The highest BCUT2D eigenvalue weighted by Crippen LogP contribution is 2.30. The Kier molecular flexibility index (Phi) is 3.23. The lowest BCUT2D eigenvalue weighted by Gasteiger charge is -2.28. The van der Waals surface area contributed by atoms with Crippen LogP contribution in [0.15, 0.2) is 17.1 Å². The second-order valence-electron chi connectivity index (χ2n) is 3.81. The fourth-order valence-electron chi connectivity index (χ4n) is 2.09. The van der Waals surface area contributed by atoms with Gasteiger partial charge in [-0.2, -0.15) is 0 Å². The van der Waals surface area contributed by atoms with Gasteiger partial charge < -0.3 is 9.30 Å². The number of ether oxygens (including phenoxy) is 1. The van der Waals surface area contributed by atoms with E-state index in [2.05, 4.69) is 31.7 Å². The molecule has 14 heavy (non-hydrogen) atoms. The molecule has 0 unspecified atom stereocenters. The van der Waals surface area contributed by atoms with Crippen molar-refractivity contribution in [3.05, 3.63) is 17.1 Å². The monoisotopic (exact) mass is 258 g/mol. The number of imidazole rings is 1. The highest BCUT2D eigenvalue weighted by Gasteiger charge is 2.21. The molecule has 4 heteroatoms. The second-order valence-corrected chi connectivity index (χ2v) is 4.62. The van der Waals surface area contributed by atoms with E-state index in [0.29, 0.717) is 12.1 Å². The predicted molar refractivity (Wildman–Crippen MR) is 58.2 cm³/mol. The number of aromatic nitrogens is 2. The molecule has 1 aliphatic carbocycles. The molecule has 1 fully saturated rings. The lowest BCUT2D eigenvalue weighted by Crippen LogP contribution is -2.21. The first-order valence-corrected chi connectivity index (χ1v) is 5.80. The van der Waals surface area contributed by atoms with Crippen LogP contribution in [0.5, 0.6) is 0 Å². The highest BCUT2D eigenvalue weighted by atomic mass is 79.9. The molecule has 0 aliphatic heterocycles. The molecule has 1 saturated carbocycles. The van der Waals surface area contributed by atoms with Crippen LogP contribution in [0.25, 0.3) is 0 Å². The van der Waals surface area contributed by atoms with E-state index in [0.717, 1.165) is 17.4 Å². The summed E-state index contributed by atoms with van der Waals surface area (Å²) >= 11 is 3.37. The van der Waals surface area contributed by atoms with Crippen LogP contribution in [-0.2, 0) is 4.74 Å². The van der Waals surface area contributed by atoms with Crippen molar-refractivity contribution in [2.45, 2.75) is 37.8 Å². The lowest BCUT2D eigenvalue weighted by atomic mass is 9.93. The lowest BCUT2D eigenvalue weighted by molar-refractivity contribution is 0.0584. The minimum atomic E-state index is 0.471. The van der Waals surface area contributed by atoms with Crippen LogP contribution in [0.2, 0.25) is 0 Å². The molecule has 1 heterocycles. The van der Waals surface area contributed by atoms with Gasteiger partial charge in [0.25, 0.3) is 0 Å². The van der Waals surface area contributed by atoms with Gasteiger partial charge in [0.05, 0.1) is 12.4 Å². The molecule has 0 radical (unpaired) electrons. The van der Waals surface area contributed by atoms with Gasteiger partial charge in [-0.15, -0.1) is 0 Å². The van der Waals surface area contributed by atoms with Crippen molar-refractivity contribution < 1.29 is 4.74 Å². The molecule has 0 spiro atoms. The van der Waals surface area contributed by atoms with Crippen molar-refractivity contribution in [3.63, 3.8) is 0 Å². The molecule has 1 aromatic rings. The van der Waals surface area contributed by atoms with Gasteiger partial charge in [-0.3, -0.25) is 0 Å². The van der Waals surface area contributed by atoms with Gasteiger partial charge in [0.2, 0.25) is 0 Å². The van der Waals surface area contributed by atoms with Crippen molar-refractivity contribution in [2.24, 2.45) is 0 Å². The largest absolute Gasteiger partial charge is 0.381 e. The van der Waals surface area contributed by atoms with E-state index in [1.165, 1.54) is 12.8 Å². The zero-order valence-corrected chi connectivity index (χ0v) is 9.90. The smallest absolute Gasteiger partial charge is 0.124 e. The predicted octanol–water partition coefficient (Wildman–Crippen LogP) is 2.78. The van der Waals surface area contributed by atoms with Crippen molar-refractivity contribution in [3.8, 4) is 0 Å². The van der Waals surface area contributed by atoms with Crippen LogP contribution < -0.4 is 0 Å². The number of rotatable bonds is 2. The van der Waals surface area contributed by atoms with Gasteiger partial charge in [-0.05, 0) is 41.6 Å². The van der Waals surface area contributed by atoms with E-state index < -0.39 is 0 Å². The molecular formula is C10H15BrN2O. The normalized spacial score (nSPS) is 27.9. The van der Waals surface area contributed by atoms with Crippen LogP contribution in [0.1, 0.15) is 31.7 Å². The quantitative estimate of drug-likeness (QED) is 0.816. The maximum absolute atomic E-state index is 5.35. The van der Waals surface area contributed by atoms with E-state index in [9.17, 15) is 0 Å². The highest BCUT2D eigenvalue weighted by molar-refractivity contribution is 9.10. The first-order chi connectivity index (χ1) is 6.79. The maximum Gasteiger partial charge on any atom is 0.124 e. The van der Waals surface area contributed by atoms with Crippen molar-refractivity contribution in [1.82, 2.24) is 9.55 Å². The third kappa shape index (κ3) is 2.17. The van der Waals surface area contributed by atoms with Crippen LogP contribution >= 0.6 is 15.9 Å². The fraction of sp³-hybridized carbons (Fsp3) is 0.700. The first-order valence-electron chi connectivity index (χ1n) is 5.01. The van der Waals surface area contributed by atoms with Gasteiger partial charge in [0.1, 0.15) is 4.60 Å². The molecule has 0 amide bonds. The topological polar surface area (TPSA) is 27.1 Å². The maximum atomic E-state index is 5.35. The molecule has 0 saturated heterocycles. The molecular weight excluding hydrogens is 244 g/mol. The van der Waals surface area contributed by atoms with Crippen LogP contribution in [0.3, 0.4) is 0 Å². The molecule has 0 bridgehead atoms. The van der Waals surface area contributed by atoms with Crippen molar-refractivity contribution in [1.29, 1.82) is 0 Å². The Balaban J connectivity index is 1.95. The van der Waals surface area contributed by atoms with E-state index in [1.807, 2.05) is 6.33 Å². The van der Waals surface area contributed by atoms with Gasteiger partial charge >= 0.3 is 0 Å². The molecule has 1 aromatic heterocycles. The van der Waals surface area contributed by atoms with Gasteiger partial charge in [-0.25, -0.2) is 4.98 Å². The van der Waals surface area contributed by atoms with Gasteiger partial charge in [-0.1, -0.05) is 0 Å². The summed E-state index contributed by atoms with van der Waals surface area (Å²) in [5.74, 6) is 0. The number of methoxy groups -OCH3 is 1. The number of hydrogen-bond donors (Lipinski definition) is 0. The van der Waals surface area contributed by atoms with Gasteiger partial charge in [0.15, 0.2) is 0 Å². The number of nitrogens with zero attached hydrogens (tertiary/aromatic N) is 2. The zero-order valence-electron chi connectivity index (χ0n) is 8.32. The third-order valence-corrected chi connectivity index (χ3v) is 3.38. The summed E-state index contributed by atoms with van der Waals surface area (Å²) in [6.07, 6.45) is 9.15. The summed E-state index contributed by atoms with van der Waals surface area (Å²) in [5.41, 5.74) is 0. The standard InChI is InChI=1S/C10H15BrN2O/c1-14-9-4-2-8(3-5-9)13-6-10(11)12-7-13/h6-9H,2-5H2,1H3. The Morgan fingerprint density at radius 1 is 1.43 bits per heavy atom. The van der Waals surface area contributed by atoms with Crippen LogP contribution in [0.4, 0.5) is 0 Å². The molecule has 3 nitrogen and oxygen atoms in total. The van der Waals surface area contributed by atoms with Crippen molar-refractivity contribution in [2.75, 3.05) is 7.11 Å². The van der Waals surface area contributed by atoms with Crippen LogP contribution in [0, 0.1) is 0 Å². The Hall–Kier alpha value is -0.350. The average Bonchev–Trinajstić information content (AvgIpc) is 2.65. The molecule has 0 aromatic carbocycles. The fourth-order valence-corrected chi connectivity index (χ4v) is 2.42. The minimum absolute atomic E-state index is 0.471. The minimum Gasteiger partial charge on any atom is -0.381 e. The van der Waals surface area contributed by atoms with Crippen LogP contribution in [-0.4, -0.2) is 22.8 Å². The number of hydrogen-bond acceptors (Lipinski definition) is 2. The molecule has 0 atom stereocenters. The Labute approximate surface area is 92.6 Å². The summed E-state index contributed by atoms with van der Waals surface area (Å²) in [5, 5.41) is 0. The van der Waals surface area contributed by atoms with E-state index in [4.69, 9.17) is 4.74 Å². The zero-order chi connectivity index (χ0) is 9.97. The Bertz CT molecular complexity index is 292. The number of halogens is 1. The average molecular weight is 259 g/mol. The molecule has 2 rings (SSSR count). The van der Waals surface area contributed by atoms with Gasteiger partial charge in [0, 0.05) is 19.3 Å². The third-order valence-electron chi connectivity index (χ3n) is 2.97. The molecule has 78 valence electrons. The summed E-state index contributed by atoms with van der Waals surface area (Å²) in [7, 11) is 1.80. The summed E-state index contributed by atoms with van der Waals surface area (Å²) in [6.45, 7) is 0. The van der Waals surface area contributed by atoms with E-state index in [1.54, 1.807) is 7.11 Å². The molecule has 1 aliphatic rings. The summed E-state index contributed by atoms with van der Waals surface area (Å²) in [4.78, 5) is 4.18. The second kappa shape index (κ2) is 4.45. The van der Waals surface area contributed by atoms with E-state index >= 15 is 0 Å². The van der Waals surface area contributed by atoms with E-state index in [-0.39, 0.29) is 0 Å². The molecule has 0 N–H and O–H groups in total. The summed E-state index contributed by atoms with van der Waals surface area (Å²) in [6, 6.07) is 0.611. The SMILES string of the molecule is COC1CCC(n2cnc(Br)c2)CC1. The Morgan fingerprint density at radius 3 is 2.64 bits per heavy atom. The summed E-state index contributed by atoms with van der Waals surface area (Å²) < 4.78 is 8.47. The van der Waals surface area contributed by atoms with Crippen molar-refractivity contribution >= 4 is 15.9 Å². The Morgan fingerprint density at radius 2 is 2.14 bits per heavy atom.